The van der Waals surface area contributed by atoms with Crippen molar-refractivity contribution in [3.8, 4) is 5.75 Å². The Labute approximate surface area is 98.9 Å². The monoisotopic (exact) mass is 228 g/mol. The molecule has 0 aliphatic heterocycles. The predicted molar refractivity (Wildman–Crippen MR) is 65.0 cm³/mol. The van der Waals surface area contributed by atoms with Gasteiger partial charge in [-0.15, -0.1) is 0 Å². The van der Waals surface area contributed by atoms with E-state index in [1.54, 1.807) is 0 Å². The number of aryl methyl sites for hydroxylation is 1. The average molecular weight is 228 g/mol. The van der Waals surface area contributed by atoms with Gasteiger partial charge in [-0.25, -0.2) is 0 Å². The zero-order chi connectivity index (χ0) is 12.3. The van der Waals surface area contributed by atoms with Gasteiger partial charge in [0, 0.05) is 11.9 Å². The molecule has 0 atom stereocenters. The van der Waals surface area contributed by atoms with Crippen LogP contribution in [-0.2, 0) is 0 Å². The van der Waals surface area contributed by atoms with E-state index in [9.17, 15) is 9.90 Å². The zero-order valence-electron chi connectivity index (χ0n) is 9.34. The van der Waals surface area contributed by atoms with Crippen molar-refractivity contribution in [2.75, 3.05) is 5.32 Å². The maximum atomic E-state index is 11.8. The number of carbonyl (C=O) groups is 1. The van der Waals surface area contributed by atoms with E-state index in [1.807, 2.05) is 31.2 Å². The Bertz CT molecular complexity index is 535. The molecular weight excluding hydrogens is 216 g/mol. The largest absolute Gasteiger partial charge is 0.506 e. The molecule has 4 heteroatoms. The van der Waals surface area contributed by atoms with Crippen LogP contribution in [0.4, 0.5) is 5.69 Å². The minimum absolute atomic E-state index is 0.0263. The van der Waals surface area contributed by atoms with Crippen LogP contribution >= 0.6 is 0 Å². The molecule has 0 saturated heterocycles. The van der Waals surface area contributed by atoms with E-state index >= 15 is 0 Å². The summed E-state index contributed by atoms with van der Waals surface area (Å²) in [6, 6.07) is 8.84. The molecule has 0 aliphatic carbocycles. The fourth-order valence-corrected chi connectivity index (χ4v) is 1.39. The second kappa shape index (κ2) is 4.65. The van der Waals surface area contributed by atoms with Crippen LogP contribution in [0.5, 0.6) is 5.75 Å². The first-order chi connectivity index (χ1) is 8.15. The van der Waals surface area contributed by atoms with Gasteiger partial charge < -0.3 is 10.4 Å². The fraction of sp³-hybridized carbons (Fsp3) is 0.0769. The minimum Gasteiger partial charge on any atom is -0.506 e. The van der Waals surface area contributed by atoms with Gasteiger partial charge in [0.05, 0.1) is 11.8 Å². The third kappa shape index (κ3) is 2.81. The summed E-state index contributed by atoms with van der Waals surface area (Å²) in [5.74, 6) is -0.321. The molecule has 86 valence electrons. The van der Waals surface area contributed by atoms with Gasteiger partial charge in [0.2, 0.25) is 0 Å². The SMILES string of the molecule is Cc1ccc(NC(=O)c2cncc(O)c2)cc1. The number of amides is 1. The zero-order valence-corrected chi connectivity index (χ0v) is 9.34. The number of nitrogens with zero attached hydrogens (tertiary/aromatic N) is 1. The lowest BCUT2D eigenvalue weighted by atomic mass is 10.2. The van der Waals surface area contributed by atoms with Gasteiger partial charge in [0.25, 0.3) is 5.91 Å². The fourth-order valence-electron chi connectivity index (χ4n) is 1.39. The topological polar surface area (TPSA) is 62.2 Å². The molecule has 1 aromatic carbocycles. The highest BCUT2D eigenvalue weighted by Crippen LogP contribution is 2.13. The van der Waals surface area contributed by atoms with Gasteiger partial charge in [-0.3, -0.25) is 9.78 Å². The Morgan fingerprint density at radius 3 is 2.59 bits per heavy atom. The standard InChI is InChI=1S/C13H12N2O2/c1-9-2-4-11(5-3-9)15-13(17)10-6-12(16)8-14-7-10/h2-8,16H,1H3,(H,15,17). The molecule has 2 rings (SSSR count). The number of nitrogens with one attached hydrogen (secondary N) is 1. The van der Waals surface area contributed by atoms with Gasteiger partial charge >= 0.3 is 0 Å². The number of aromatic nitrogens is 1. The molecule has 2 N–H and O–H groups in total. The van der Waals surface area contributed by atoms with Gasteiger partial charge in [-0.2, -0.15) is 0 Å². The number of hydrogen-bond acceptors (Lipinski definition) is 3. The van der Waals surface area contributed by atoms with Crippen molar-refractivity contribution in [1.82, 2.24) is 4.98 Å². The predicted octanol–water partition coefficient (Wildman–Crippen LogP) is 2.35. The Hall–Kier alpha value is -2.36. The normalized spacial score (nSPS) is 9.94. The van der Waals surface area contributed by atoms with Crippen LogP contribution in [-0.4, -0.2) is 16.0 Å². The number of hydrogen-bond donors (Lipinski definition) is 2. The summed E-state index contributed by atoms with van der Waals surface area (Å²) >= 11 is 0. The third-order valence-electron chi connectivity index (χ3n) is 2.30. The van der Waals surface area contributed by atoms with E-state index in [2.05, 4.69) is 10.3 Å². The van der Waals surface area contributed by atoms with Crippen molar-refractivity contribution >= 4 is 11.6 Å². The third-order valence-corrected chi connectivity index (χ3v) is 2.30. The number of carbonyl (C=O) groups excluding carboxylic acids is 1. The quantitative estimate of drug-likeness (QED) is 0.829. The second-order valence-electron chi connectivity index (χ2n) is 3.75. The van der Waals surface area contributed by atoms with E-state index < -0.39 is 0 Å². The second-order valence-corrected chi connectivity index (χ2v) is 3.75. The van der Waals surface area contributed by atoms with Gasteiger partial charge in [0.15, 0.2) is 0 Å². The highest BCUT2D eigenvalue weighted by molar-refractivity contribution is 6.04. The van der Waals surface area contributed by atoms with Crippen molar-refractivity contribution < 1.29 is 9.90 Å². The van der Waals surface area contributed by atoms with Crippen LogP contribution in [0.1, 0.15) is 15.9 Å². The smallest absolute Gasteiger partial charge is 0.257 e. The van der Waals surface area contributed by atoms with Crippen molar-refractivity contribution in [3.05, 3.63) is 53.9 Å². The van der Waals surface area contributed by atoms with E-state index in [-0.39, 0.29) is 11.7 Å². The number of pyridine rings is 1. The number of benzene rings is 1. The average Bonchev–Trinajstić information content (AvgIpc) is 2.32. The lowest BCUT2D eigenvalue weighted by Gasteiger charge is -2.05. The molecule has 17 heavy (non-hydrogen) atoms. The van der Waals surface area contributed by atoms with Crippen LogP contribution in [0.2, 0.25) is 0 Å². The van der Waals surface area contributed by atoms with Crippen LogP contribution in [0.25, 0.3) is 0 Å². The van der Waals surface area contributed by atoms with E-state index in [0.717, 1.165) is 5.56 Å². The molecule has 0 aliphatic rings. The van der Waals surface area contributed by atoms with Crippen molar-refractivity contribution in [2.45, 2.75) is 6.92 Å². The lowest BCUT2D eigenvalue weighted by Crippen LogP contribution is -2.11. The Morgan fingerprint density at radius 1 is 1.24 bits per heavy atom. The molecule has 0 fully saturated rings. The first-order valence-corrected chi connectivity index (χ1v) is 5.17. The van der Waals surface area contributed by atoms with Gasteiger partial charge in [-0.05, 0) is 25.1 Å². The molecule has 0 spiro atoms. The maximum absolute atomic E-state index is 11.8. The molecule has 2 aromatic rings. The molecule has 1 amide bonds. The number of rotatable bonds is 2. The molecule has 1 aromatic heterocycles. The van der Waals surface area contributed by atoms with Crippen LogP contribution in [0, 0.1) is 6.92 Å². The summed E-state index contributed by atoms with van der Waals surface area (Å²) < 4.78 is 0. The van der Waals surface area contributed by atoms with E-state index in [4.69, 9.17) is 0 Å². The Balaban J connectivity index is 2.14. The Kier molecular flexibility index (Phi) is 3.05. The van der Waals surface area contributed by atoms with Gasteiger partial charge in [0.1, 0.15) is 5.75 Å². The summed E-state index contributed by atoms with van der Waals surface area (Å²) in [5.41, 5.74) is 2.16. The summed E-state index contributed by atoms with van der Waals surface area (Å²) in [5, 5.41) is 11.9. The van der Waals surface area contributed by atoms with Crippen molar-refractivity contribution in [1.29, 1.82) is 0 Å². The van der Waals surface area contributed by atoms with Crippen LogP contribution in [0.3, 0.4) is 0 Å². The first kappa shape index (κ1) is 11.1. The van der Waals surface area contributed by atoms with Gasteiger partial charge in [-0.1, -0.05) is 17.7 Å². The molecule has 0 unspecified atom stereocenters. The van der Waals surface area contributed by atoms with Crippen molar-refractivity contribution in [2.24, 2.45) is 0 Å². The first-order valence-electron chi connectivity index (χ1n) is 5.17. The molecule has 0 saturated carbocycles. The number of aromatic hydroxyl groups is 1. The highest BCUT2D eigenvalue weighted by atomic mass is 16.3. The maximum Gasteiger partial charge on any atom is 0.257 e. The summed E-state index contributed by atoms with van der Waals surface area (Å²) in [6.07, 6.45) is 2.69. The summed E-state index contributed by atoms with van der Waals surface area (Å²) in [4.78, 5) is 15.5. The van der Waals surface area contributed by atoms with Crippen LogP contribution in [0.15, 0.2) is 42.7 Å². The van der Waals surface area contributed by atoms with Crippen LogP contribution < -0.4 is 5.32 Å². The minimum atomic E-state index is -0.294. The van der Waals surface area contributed by atoms with E-state index in [0.29, 0.717) is 11.3 Å². The van der Waals surface area contributed by atoms with E-state index in [1.165, 1.54) is 18.5 Å². The molecule has 1 heterocycles. The molecule has 0 radical (unpaired) electrons. The highest BCUT2D eigenvalue weighted by Gasteiger charge is 2.06. The summed E-state index contributed by atoms with van der Waals surface area (Å²) in [6.45, 7) is 1.98. The number of anilines is 1. The molecular formula is C13H12N2O2. The van der Waals surface area contributed by atoms with Crippen molar-refractivity contribution in [3.63, 3.8) is 0 Å². The molecule has 0 bridgehead atoms. The summed E-state index contributed by atoms with van der Waals surface area (Å²) in [7, 11) is 0. The molecule has 4 nitrogen and oxygen atoms in total. The Morgan fingerprint density at radius 2 is 1.94 bits per heavy atom. The lowest BCUT2D eigenvalue weighted by molar-refractivity contribution is 0.102.